The highest BCUT2D eigenvalue weighted by Gasteiger charge is 2.22. The molecule has 0 saturated heterocycles. The highest BCUT2D eigenvalue weighted by atomic mass is 32.1. The molecule has 1 atom stereocenters. The Bertz CT molecular complexity index is 649. The standard InChI is InChI=1S/C16H22N4O2S/c1-11(2)8-13(20-6-4-5-7-20)15(22)19-16-18-12(10-23-16)9-14(21)17-3/h4-7,10-11,13H,8-9H2,1-3H3,(H,17,21)(H,18,19,22). The molecule has 2 aromatic rings. The summed E-state index contributed by atoms with van der Waals surface area (Å²) in [6.07, 6.45) is 4.75. The van der Waals surface area contributed by atoms with E-state index in [0.717, 1.165) is 6.42 Å². The molecule has 0 fully saturated rings. The molecule has 23 heavy (non-hydrogen) atoms. The molecule has 0 spiro atoms. The topological polar surface area (TPSA) is 76.0 Å². The average Bonchev–Trinajstić information content (AvgIpc) is 3.16. The lowest BCUT2D eigenvalue weighted by Gasteiger charge is -2.19. The molecule has 7 heteroatoms. The van der Waals surface area contributed by atoms with Crippen LogP contribution in [0.15, 0.2) is 29.9 Å². The summed E-state index contributed by atoms with van der Waals surface area (Å²) < 4.78 is 1.91. The van der Waals surface area contributed by atoms with Crippen molar-refractivity contribution in [1.82, 2.24) is 14.9 Å². The molecule has 6 nitrogen and oxygen atoms in total. The van der Waals surface area contributed by atoms with E-state index in [1.807, 2.05) is 29.1 Å². The summed E-state index contributed by atoms with van der Waals surface area (Å²) in [4.78, 5) is 28.2. The van der Waals surface area contributed by atoms with Gasteiger partial charge in [0.2, 0.25) is 11.8 Å². The average molecular weight is 334 g/mol. The molecule has 0 radical (unpaired) electrons. The van der Waals surface area contributed by atoms with Gasteiger partial charge in [0.05, 0.1) is 12.1 Å². The molecule has 1 unspecified atom stereocenters. The smallest absolute Gasteiger partial charge is 0.249 e. The van der Waals surface area contributed by atoms with Crippen LogP contribution in [-0.2, 0) is 16.0 Å². The third-order valence-electron chi connectivity index (χ3n) is 3.39. The summed E-state index contributed by atoms with van der Waals surface area (Å²) in [6.45, 7) is 4.18. The number of thiazole rings is 1. The van der Waals surface area contributed by atoms with Crippen molar-refractivity contribution in [2.24, 2.45) is 5.92 Å². The van der Waals surface area contributed by atoms with Crippen molar-refractivity contribution in [1.29, 1.82) is 0 Å². The van der Waals surface area contributed by atoms with Crippen LogP contribution >= 0.6 is 11.3 Å². The van der Waals surface area contributed by atoms with Crippen LogP contribution in [0.5, 0.6) is 0 Å². The van der Waals surface area contributed by atoms with Crippen LogP contribution < -0.4 is 10.6 Å². The molecule has 0 aliphatic heterocycles. The van der Waals surface area contributed by atoms with Gasteiger partial charge in [-0.1, -0.05) is 13.8 Å². The van der Waals surface area contributed by atoms with E-state index >= 15 is 0 Å². The molecular weight excluding hydrogens is 312 g/mol. The van der Waals surface area contributed by atoms with Crippen molar-refractivity contribution in [2.45, 2.75) is 32.7 Å². The normalized spacial score (nSPS) is 12.2. The number of carbonyl (C=O) groups is 2. The second-order valence-corrected chi connectivity index (χ2v) is 6.62. The van der Waals surface area contributed by atoms with Gasteiger partial charge < -0.3 is 15.2 Å². The minimum atomic E-state index is -0.267. The van der Waals surface area contributed by atoms with Gasteiger partial charge in [-0.25, -0.2) is 4.98 Å². The molecule has 0 aromatic carbocycles. The number of carbonyl (C=O) groups excluding carboxylic acids is 2. The van der Waals surface area contributed by atoms with Gasteiger partial charge in [-0.15, -0.1) is 11.3 Å². The zero-order chi connectivity index (χ0) is 16.8. The number of hydrogen-bond donors (Lipinski definition) is 2. The molecule has 0 aliphatic carbocycles. The van der Waals surface area contributed by atoms with E-state index in [1.165, 1.54) is 11.3 Å². The zero-order valence-corrected chi connectivity index (χ0v) is 14.4. The molecule has 2 N–H and O–H groups in total. The Morgan fingerprint density at radius 3 is 2.61 bits per heavy atom. The van der Waals surface area contributed by atoms with Gasteiger partial charge in [0.25, 0.3) is 0 Å². The van der Waals surface area contributed by atoms with Crippen molar-refractivity contribution >= 4 is 28.3 Å². The first-order chi connectivity index (χ1) is 11.0. The summed E-state index contributed by atoms with van der Waals surface area (Å²) in [5.41, 5.74) is 0.658. The van der Waals surface area contributed by atoms with Crippen molar-refractivity contribution in [3.05, 3.63) is 35.6 Å². The zero-order valence-electron chi connectivity index (χ0n) is 13.6. The Hall–Kier alpha value is -2.15. The molecular formula is C16H22N4O2S. The minimum absolute atomic E-state index is 0.0873. The van der Waals surface area contributed by atoms with Crippen LogP contribution in [-0.4, -0.2) is 28.4 Å². The van der Waals surface area contributed by atoms with Gasteiger partial charge >= 0.3 is 0 Å². The molecule has 2 rings (SSSR count). The SMILES string of the molecule is CNC(=O)Cc1csc(NC(=O)C(CC(C)C)n2cccc2)n1. The van der Waals surface area contributed by atoms with E-state index in [9.17, 15) is 9.59 Å². The van der Waals surface area contributed by atoms with Crippen LogP contribution in [0, 0.1) is 5.92 Å². The Balaban J connectivity index is 2.05. The maximum Gasteiger partial charge on any atom is 0.249 e. The van der Waals surface area contributed by atoms with Gasteiger partial charge in [-0.3, -0.25) is 9.59 Å². The lowest BCUT2D eigenvalue weighted by atomic mass is 10.0. The van der Waals surface area contributed by atoms with Crippen LogP contribution in [0.25, 0.3) is 0 Å². The van der Waals surface area contributed by atoms with Crippen molar-refractivity contribution in [3.8, 4) is 0 Å². The first-order valence-corrected chi connectivity index (χ1v) is 8.46. The predicted octanol–water partition coefficient (Wildman–Crippen LogP) is 2.46. The first-order valence-electron chi connectivity index (χ1n) is 7.58. The van der Waals surface area contributed by atoms with E-state index in [4.69, 9.17) is 0 Å². The van der Waals surface area contributed by atoms with E-state index in [0.29, 0.717) is 16.7 Å². The number of rotatable bonds is 7. The lowest BCUT2D eigenvalue weighted by Crippen LogP contribution is -2.26. The number of nitrogens with one attached hydrogen (secondary N) is 2. The van der Waals surface area contributed by atoms with E-state index in [-0.39, 0.29) is 24.3 Å². The van der Waals surface area contributed by atoms with Crippen molar-refractivity contribution < 1.29 is 9.59 Å². The number of aromatic nitrogens is 2. The predicted molar refractivity (Wildman–Crippen MR) is 91.4 cm³/mol. The highest BCUT2D eigenvalue weighted by molar-refractivity contribution is 7.13. The maximum absolute atomic E-state index is 12.6. The lowest BCUT2D eigenvalue weighted by molar-refractivity contribution is -0.120. The summed E-state index contributed by atoms with van der Waals surface area (Å²) in [5, 5.41) is 7.73. The number of hydrogen-bond acceptors (Lipinski definition) is 4. The summed E-state index contributed by atoms with van der Waals surface area (Å²) in [6, 6.07) is 3.55. The first kappa shape index (κ1) is 17.2. The van der Waals surface area contributed by atoms with Crippen LogP contribution in [0.4, 0.5) is 5.13 Å². The van der Waals surface area contributed by atoms with Gasteiger partial charge in [0.1, 0.15) is 6.04 Å². The molecule has 2 amide bonds. The molecule has 2 heterocycles. The van der Waals surface area contributed by atoms with Crippen LogP contribution in [0.3, 0.4) is 0 Å². The maximum atomic E-state index is 12.6. The Kier molecular flexibility index (Phi) is 5.92. The highest BCUT2D eigenvalue weighted by Crippen LogP contribution is 2.22. The fourth-order valence-corrected chi connectivity index (χ4v) is 2.97. The van der Waals surface area contributed by atoms with Gasteiger partial charge in [-0.2, -0.15) is 0 Å². The molecule has 2 aromatic heterocycles. The Labute approximate surface area is 139 Å². The van der Waals surface area contributed by atoms with Gasteiger partial charge in [-0.05, 0) is 24.5 Å². The van der Waals surface area contributed by atoms with E-state index < -0.39 is 0 Å². The second-order valence-electron chi connectivity index (χ2n) is 5.76. The van der Waals surface area contributed by atoms with Crippen molar-refractivity contribution in [3.63, 3.8) is 0 Å². The fraction of sp³-hybridized carbons (Fsp3) is 0.438. The number of anilines is 1. The largest absolute Gasteiger partial charge is 0.359 e. The van der Waals surface area contributed by atoms with Gasteiger partial charge in [0, 0.05) is 24.8 Å². The van der Waals surface area contributed by atoms with E-state index in [1.54, 1.807) is 12.4 Å². The minimum Gasteiger partial charge on any atom is -0.359 e. The van der Waals surface area contributed by atoms with Crippen molar-refractivity contribution in [2.75, 3.05) is 12.4 Å². The Morgan fingerprint density at radius 2 is 2.00 bits per heavy atom. The monoisotopic (exact) mass is 334 g/mol. The molecule has 0 saturated carbocycles. The van der Waals surface area contributed by atoms with Crippen LogP contribution in [0.1, 0.15) is 32.0 Å². The number of nitrogens with zero attached hydrogens (tertiary/aromatic N) is 2. The van der Waals surface area contributed by atoms with Crippen LogP contribution in [0.2, 0.25) is 0 Å². The summed E-state index contributed by atoms with van der Waals surface area (Å²) in [7, 11) is 1.59. The second kappa shape index (κ2) is 7.92. The summed E-state index contributed by atoms with van der Waals surface area (Å²) in [5.74, 6) is 0.210. The Morgan fingerprint density at radius 1 is 1.30 bits per heavy atom. The number of amides is 2. The molecule has 0 bridgehead atoms. The quantitative estimate of drug-likeness (QED) is 0.816. The fourth-order valence-electron chi connectivity index (χ4n) is 2.25. The third-order valence-corrected chi connectivity index (χ3v) is 4.19. The molecule has 124 valence electrons. The van der Waals surface area contributed by atoms with Gasteiger partial charge in [0.15, 0.2) is 5.13 Å². The molecule has 0 aliphatic rings. The third kappa shape index (κ3) is 4.92. The number of likely N-dealkylation sites (N-methyl/N-ethyl adjacent to an activating group) is 1. The summed E-state index contributed by atoms with van der Waals surface area (Å²) >= 11 is 1.33. The van der Waals surface area contributed by atoms with E-state index in [2.05, 4.69) is 29.5 Å².